The van der Waals surface area contributed by atoms with Crippen molar-refractivity contribution < 1.29 is 24.0 Å². The van der Waals surface area contributed by atoms with E-state index in [0.717, 1.165) is 0 Å². The number of nitrogens with one attached hydrogen (secondary N) is 1. The standard InChI is InChI=1S/C20H25N3O6S/c1-5-28-19(24)15-11(3)22-18(30-12(4)21)17(20(25)29-6-2)16(15)13-8-7-9-14(10-13)23(26)27/h7-10,12,16,22H,5-6,21H2,1-4H3. The minimum atomic E-state index is -0.912. The van der Waals surface area contributed by atoms with Crippen LogP contribution in [-0.4, -0.2) is 35.4 Å². The molecule has 10 heteroatoms. The van der Waals surface area contributed by atoms with E-state index in [-0.39, 0.29) is 35.4 Å². The lowest BCUT2D eigenvalue weighted by Crippen LogP contribution is -2.33. The van der Waals surface area contributed by atoms with Crippen molar-refractivity contribution in [2.75, 3.05) is 13.2 Å². The SMILES string of the molecule is CCOC(=O)C1=C(C)NC(SC(C)N)=C(C(=O)OCC)C1c1cccc([N+](=O)[O-])c1. The number of carbonyl (C=O) groups excluding carboxylic acids is 2. The Morgan fingerprint density at radius 3 is 2.37 bits per heavy atom. The van der Waals surface area contributed by atoms with Crippen molar-refractivity contribution in [3.05, 3.63) is 61.8 Å². The third-order valence-electron chi connectivity index (χ3n) is 4.24. The number of dihydropyridines is 1. The molecule has 1 aromatic carbocycles. The predicted molar refractivity (Wildman–Crippen MR) is 113 cm³/mol. The lowest BCUT2D eigenvalue weighted by atomic mass is 9.82. The number of benzene rings is 1. The second-order valence-electron chi connectivity index (χ2n) is 6.46. The molecule has 2 atom stereocenters. The van der Waals surface area contributed by atoms with Crippen LogP contribution in [0.3, 0.4) is 0 Å². The summed E-state index contributed by atoms with van der Waals surface area (Å²) in [6.07, 6.45) is 0. The summed E-state index contributed by atoms with van der Waals surface area (Å²) in [6.45, 7) is 7.04. The summed E-state index contributed by atoms with van der Waals surface area (Å²) in [5, 5.41) is 14.5. The molecule has 0 aliphatic carbocycles. The van der Waals surface area contributed by atoms with Gasteiger partial charge in [0.25, 0.3) is 5.69 Å². The number of allylic oxidation sites excluding steroid dienone is 1. The summed E-state index contributed by atoms with van der Waals surface area (Å²) in [7, 11) is 0. The van der Waals surface area contributed by atoms with Gasteiger partial charge in [-0.05, 0) is 33.3 Å². The number of nitrogens with zero attached hydrogens (tertiary/aromatic N) is 1. The average Bonchev–Trinajstić information content (AvgIpc) is 2.67. The van der Waals surface area contributed by atoms with E-state index in [2.05, 4.69) is 5.32 Å². The highest BCUT2D eigenvalue weighted by molar-refractivity contribution is 8.03. The molecule has 0 saturated carbocycles. The molecule has 0 aromatic heterocycles. The molecule has 1 aliphatic rings. The molecular weight excluding hydrogens is 410 g/mol. The molecular formula is C20H25N3O6S. The van der Waals surface area contributed by atoms with Crippen molar-refractivity contribution in [1.29, 1.82) is 0 Å². The molecule has 2 rings (SSSR count). The van der Waals surface area contributed by atoms with E-state index in [9.17, 15) is 19.7 Å². The van der Waals surface area contributed by atoms with E-state index in [0.29, 0.717) is 16.3 Å². The fraction of sp³-hybridized carbons (Fsp3) is 0.400. The lowest BCUT2D eigenvalue weighted by molar-refractivity contribution is -0.384. The number of non-ortho nitro benzene ring substituents is 1. The van der Waals surface area contributed by atoms with Gasteiger partial charge >= 0.3 is 11.9 Å². The molecule has 1 aromatic rings. The summed E-state index contributed by atoms with van der Waals surface area (Å²) in [6, 6.07) is 5.82. The van der Waals surface area contributed by atoms with Gasteiger partial charge in [0, 0.05) is 17.8 Å². The van der Waals surface area contributed by atoms with Crippen LogP contribution in [-0.2, 0) is 19.1 Å². The van der Waals surface area contributed by atoms with Crippen molar-refractivity contribution in [1.82, 2.24) is 5.32 Å². The van der Waals surface area contributed by atoms with Crippen LogP contribution in [0.25, 0.3) is 0 Å². The Balaban J connectivity index is 2.77. The molecule has 1 aliphatic heterocycles. The average molecular weight is 436 g/mol. The zero-order valence-corrected chi connectivity index (χ0v) is 18.1. The molecule has 30 heavy (non-hydrogen) atoms. The van der Waals surface area contributed by atoms with Gasteiger partial charge in [0.05, 0.1) is 45.6 Å². The van der Waals surface area contributed by atoms with Gasteiger partial charge < -0.3 is 20.5 Å². The number of nitrogens with two attached hydrogens (primary N) is 1. The highest BCUT2D eigenvalue weighted by Gasteiger charge is 2.39. The Morgan fingerprint density at radius 2 is 1.83 bits per heavy atom. The van der Waals surface area contributed by atoms with Gasteiger partial charge in [0.2, 0.25) is 0 Å². The number of nitro benzene ring substituents is 1. The topological polar surface area (TPSA) is 134 Å². The van der Waals surface area contributed by atoms with Gasteiger partial charge in [-0.2, -0.15) is 0 Å². The third kappa shape index (κ3) is 5.19. The molecule has 3 N–H and O–H groups in total. The van der Waals surface area contributed by atoms with E-state index in [4.69, 9.17) is 15.2 Å². The van der Waals surface area contributed by atoms with E-state index in [1.54, 1.807) is 33.8 Å². The van der Waals surface area contributed by atoms with Crippen LogP contribution >= 0.6 is 11.8 Å². The first kappa shape index (κ1) is 23.4. The van der Waals surface area contributed by atoms with Crippen molar-refractivity contribution in [3.63, 3.8) is 0 Å². The highest BCUT2D eigenvalue weighted by atomic mass is 32.2. The zero-order valence-electron chi connectivity index (χ0n) is 17.3. The Bertz CT molecular complexity index is 910. The number of esters is 2. The smallest absolute Gasteiger partial charge is 0.337 e. The Kier molecular flexibility index (Phi) is 8.01. The van der Waals surface area contributed by atoms with Crippen molar-refractivity contribution in [2.24, 2.45) is 5.73 Å². The van der Waals surface area contributed by atoms with Crippen LogP contribution in [0.4, 0.5) is 5.69 Å². The van der Waals surface area contributed by atoms with Gasteiger partial charge in [0.15, 0.2) is 0 Å². The largest absolute Gasteiger partial charge is 0.463 e. The van der Waals surface area contributed by atoms with Crippen LogP contribution in [0.15, 0.2) is 46.1 Å². The first-order chi connectivity index (χ1) is 14.2. The number of thioether (sulfide) groups is 1. The van der Waals surface area contributed by atoms with Crippen LogP contribution in [0, 0.1) is 10.1 Å². The van der Waals surface area contributed by atoms with Crippen LogP contribution in [0.1, 0.15) is 39.2 Å². The molecule has 1 heterocycles. The number of rotatable bonds is 8. The Hall–Kier alpha value is -2.85. The van der Waals surface area contributed by atoms with Crippen molar-refractivity contribution in [2.45, 2.75) is 39.0 Å². The number of nitro groups is 1. The molecule has 2 unspecified atom stereocenters. The van der Waals surface area contributed by atoms with Crippen LogP contribution in [0.2, 0.25) is 0 Å². The van der Waals surface area contributed by atoms with E-state index in [1.807, 2.05) is 0 Å². The predicted octanol–water partition coefficient (Wildman–Crippen LogP) is 2.93. The fourth-order valence-corrected chi connectivity index (χ4v) is 4.04. The van der Waals surface area contributed by atoms with Crippen molar-refractivity contribution in [3.8, 4) is 0 Å². The molecule has 162 valence electrons. The second kappa shape index (κ2) is 10.3. The monoisotopic (exact) mass is 435 g/mol. The summed E-state index contributed by atoms with van der Waals surface area (Å²) in [5.41, 5.74) is 7.00. The minimum absolute atomic E-state index is 0.123. The summed E-state index contributed by atoms with van der Waals surface area (Å²) in [5.74, 6) is -2.17. The highest BCUT2D eigenvalue weighted by Crippen LogP contribution is 2.43. The minimum Gasteiger partial charge on any atom is -0.463 e. The molecule has 9 nitrogen and oxygen atoms in total. The maximum atomic E-state index is 12.9. The van der Waals surface area contributed by atoms with Gasteiger partial charge in [-0.3, -0.25) is 10.1 Å². The molecule has 0 saturated heterocycles. The number of hydrogen-bond acceptors (Lipinski definition) is 9. The maximum Gasteiger partial charge on any atom is 0.337 e. The van der Waals surface area contributed by atoms with E-state index < -0.39 is 22.8 Å². The normalized spacial score (nSPS) is 17.3. The summed E-state index contributed by atoms with van der Waals surface area (Å²) >= 11 is 1.20. The van der Waals surface area contributed by atoms with Crippen LogP contribution < -0.4 is 11.1 Å². The lowest BCUT2D eigenvalue weighted by Gasteiger charge is -2.31. The van der Waals surface area contributed by atoms with Crippen molar-refractivity contribution >= 4 is 29.4 Å². The maximum absolute atomic E-state index is 12.9. The summed E-state index contributed by atoms with van der Waals surface area (Å²) in [4.78, 5) is 36.5. The summed E-state index contributed by atoms with van der Waals surface area (Å²) < 4.78 is 10.5. The first-order valence-corrected chi connectivity index (χ1v) is 10.3. The number of hydrogen-bond donors (Lipinski definition) is 2. The molecule has 0 radical (unpaired) electrons. The Morgan fingerprint density at radius 1 is 1.23 bits per heavy atom. The molecule has 0 fully saturated rings. The molecule has 0 amide bonds. The number of carbonyl (C=O) groups is 2. The molecule has 0 spiro atoms. The van der Waals surface area contributed by atoms with Gasteiger partial charge in [-0.1, -0.05) is 23.9 Å². The van der Waals surface area contributed by atoms with E-state index >= 15 is 0 Å². The quantitative estimate of drug-likeness (QED) is 0.273. The van der Waals surface area contributed by atoms with Gasteiger partial charge in [-0.25, -0.2) is 9.59 Å². The first-order valence-electron chi connectivity index (χ1n) is 9.43. The Labute approximate surface area is 178 Å². The van der Waals surface area contributed by atoms with Crippen LogP contribution in [0.5, 0.6) is 0 Å². The number of ether oxygens (including phenoxy) is 2. The third-order valence-corrected chi connectivity index (χ3v) is 5.17. The van der Waals surface area contributed by atoms with Gasteiger partial charge in [0.1, 0.15) is 0 Å². The second-order valence-corrected chi connectivity index (χ2v) is 7.84. The molecule has 0 bridgehead atoms. The van der Waals surface area contributed by atoms with E-state index in [1.165, 1.54) is 30.0 Å². The zero-order chi connectivity index (χ0) is 22.4. The fourth-order valence-electron chi connectivity index (χ4n) is 3.13. The van der Waals surface area contributed by atoms with Gasteiger partial charge in [-0.15, -0.1) is 0 Å².